The van der Waals surface area contributed by atoms with Crippen LogP contribution in [0.2, 0.25) is 0 Å². The molecule has 1 heterocycles. The molecule has 0 radical (unpaired) electrons. The smallest absolute Gasteiger partial charge is 0.248 e. The Kier molecular flexibility index (Phi) is 3.59. The van der Waals surface area contributed by atoms with E-state index in [1.165, 1.54) is 12.8 Å². The van der Waals surface area contributed by atoms with Gasteiger partial charge in [0.2, 0.25) is 5.91 Å². The molecule has 15 heavy (non-hydrogen) atoms. The van der Waals surface area contributed by atoms with Crippen molar-refractivity contribution < 1.29 is 9.63 Å². The molecule has 2 N–H and O–H groups in total. The van der Waals surface area contributed by atoms with Crippen molar-refractivity contribution in [3.63, 3.8) is 0 Å². The molecule has 1 saturated carbocycles. The van der Waals surface area contributed by atoms with E-state index in [-0.39, 0.29) is 24.0 Å². The van der Waals surface area contributed by atoms with Crippen molar-refractivity contribution in [1.29, 1.82) is 0 Å². The SMILES string of the molecule is CC1NCCC1C(=O)NOC1CCCC1. The lowest BCUT2D eigenvalue weighted by Gasteiger charge is -2.17. The van der Waals surface area contributed by atoms with Gasteiger partial charge in [0.1, 0.15) is 0 Å². The Balaban J connectivity index is 1.71. The maximum atomic E-state index is 11.7. The summed E-state index contributed by atoms with van der Waals surface area (Å²) in [4.78, 5) is 17.1. The normalized spacial score (nSPS) is 32.1. The van der Waals surface area contributed by atoms with E-state index in [0.717, 1.165) is 25.8 Å². The molecule has 0 aromatic heterocycles. The Morgan fingerprint density at radius 2 is 2.07 bits per heavy atom. The minimum atomic E-state index is 0.0411. The summed E-state index contributed by atoms with van der Waals surface area (Å²) in [5, 5.41) is 3.26. The number of rotatable bonds is 3. The first-order valence-corrected chi connectivity index (χ1v) is 5.96. The van der Waals surface area contributed by atoms with Crippen LogP contribution in [0.15, 0.2) is 0 Å². The van der Waals surface area contributed by atoms with Gasteiger partial charge in [-0.15, -0.1) is 0 Å². The third kappa shape index (κ3) is 2.69. The molecule has 1 aliphatic heterocycles. The van der Waals surface area contributed by atoms with Crippen LogP contribution in [0, 0.1) is 5.92 Å². The number of carbonyl (C=O) groups excluding carboxylic acids is 1. The minimum absolute atomic E-state index is 0.0411. The quantitative estimate of drug-likeness (QED) is 0.685. The molecule has 1 amide bonds. The zero-order valence-corrected chi connectivity index (χ0v) is 9.29. The van der Waals surface area contributed by atoms with Gasteiger partial charge in [-0.3, -0.25) is 9.63 Å². The second kappa shape index (κ2) is 4.94. The fraction of sp³-hybridized carbons (Fsp3) is 0.909. The average Bonchev–Trinajstić information content (AvgIpc) is 2.84. The Morgan fingerprint density at radius 3 is 2.67 bits per heavy atom. The maximum Gasteiger partial charge on any atom is 0.248 e. The summed E-state index contributed by atoms with van der Waals surface area (Å²) in [5.41, 5.74) is 2.62. The van der Waals surface area contributed by atoms with Crippen LogP contribution in [-0.2, 0) is 9.63 Å². The molecule has 0 aromatic carbocycles. The van der Waals surface area contributed by atoms with Crippen molar-refractivity contribution in [3.05, 3.63) is 0 Å². The fourth-order valence-electron chi connectivity index (χ4n) is 2.44. The van der Waals surface area contributed by atoms with Gasteiger partial charge in [-0.2, -0.15) is 0 Å². The van der Waals surface area contributed by atoms with E-state index < -0.39 is 0 Å². The van der Waals surface area contributed by atoms with Crippen LogP contribution in [0.3, 0.4) is 0 Å². The second-order valence-electron chi connectivity index (χ2n) is 4.63. The van der Waals surface area contributed by atoms with E-state index in [1.54, 1.807) is 0 Å². The molecular formula is C11H20N2O2. The van der Waals surface area contributed by atoms with Gasteiger partial charge in [-0.1, -0.05) is 12.8 Å². The molecule has 4 nitrogen and oxygen atoms in total. The number of amides is 1. The predicted molar refractivity (Wildman–Crippen MR) is 57.1 cm³/mol. The van der Waals surface area contributed by atoms with Crippen LogP contribution in [0.4, 0.5) is 0 Å². The molecule has 1 aliphatic carbocycles. The van der Waals surface area contributed by atoms with Crippen molar-refractivity contribution in [3.8, 4) is 0 Å². The predicted octanol–water partition coefficient (Wildman–Crippen LogP) is 0.975. The van der Waals surface area contributed by atoms with E-state index in [9.17, 15) is 4.79 Å². The maximum absolute atomic E-state index is 11.7. The molecule has 2 fully saturated rings. The van der Waals surface area contributed by atoms with E-state index in [1.807, 2.05) is 6.92 Å². The highest BCUT2D eigenvalue weighted by Crippen LogP contribution is 2.20. The third-order valence-corrected chi connectivity index (χ3v) is 3.49. The first-order valence-electron chi connectivity index (χ1n) is 5.96. The van der Waals surface area contributed by atoms with Gasteiger partial charge in [0, 0.05) is 6.04 Å². The summed E-state index contributed by atoms with van der Waals surface area (Å²) < 4.78 is 0. The van der Waals surface area contributed by atoms with E-state index in [2.05, 4.69) is 10.8 Å². The molecule has 2 rings (SSSR count). The number of hydroxylamine groups is 1. The van der Waals surface area contributed by atoms with Crippen LogP contribution in [0.5, 0.6) is 0 Å². The van der Waals surface area contributed by atoms with Crippen LogP contribution in [-0.4, -0.2) is 24.6 Å². The van der Waals surface area contributed by atoms with Gasteiger partial charge in [-0.05, 0) is 32.7 Å². The van der Waals surface area contributed by atoms with Crippen molar-refractivity contribution in [2.45, 2.75) is 51.2 Å². The van der Waals surface area contributed by atoms with Crippen LogP contribution >= 0.6 is 0 Å². The summed E-state index contributed by atoms with van der Waals surface area (Å²) >= 11 is 0. The zero-order chi connectivity index (χ0) is 10.7. The highest BCUT2D eigenvalue weighted by Gasteiger charge is 2.30. The van der Waals surface area contributed by atoms with E-state index >= 15 is 0 Å². The van der Waals surface area contributed by atoms with Crippen LogP contribution < -0.4 is 10.8 Å². The zero-order valence-electron chi connectivity index (χ0n) is 9.29. The number of hydrogen-bond donors (Lipinski definition) is 2. The Hall–Kier alpha value is -0.610. The van der Waals surface area contributed by atoms with Gasteiger partial charge in [-0.25, -0.2) is 5.48 Å². The largest absolute Gasteiger partial charge is 0.313 e. The van der Waals surface area contributed by atoms with Gasteiger partial charge < -0.3 is 5.32 Å². The lowest BCUT2D eigenvalue weighted by atomic mass is 10.0. The number of hydrogen-bond acceptors (Lipinski definition) is 3. The fourth-order valence-corrected chi connectivity index (χ4v) is 2.44. The Morgan fingerprint density at radius 1 is 1.33 bits per heavy atom. The molecule has 0 spiro atoms. The lowest BCUT2D eigenvalue weighted by molar-refractivity contribution is -0.142. The Bertz CT molecular complexity index is 227. The first kappa shape index (κ1) is 10.9. The summed E-state index contributed by atoms with van der Waals surface area (Å²) in [6.07, 6.45) is 5.78. The average molecular weight is 212 g/mol. The number of nitrogens with one attached hydrogen (secondary N) is 2. The molecule has 0 bridgehead atoms. The molecule has 2 unspecified atom stereocenters. The monoisotopic (exact) mass is 212 g/mol. The summed E-state index contributed by atoms with van der Waals surface area (Å²) in [7, 11) is 0. The highest BCUT2D eigenvalue weighted by atomic mass is 16.7. The molecule has 86 valence electrons. The first-order chi connectivity index (χ1) is 7.27. The molecule has 0 aromatic rings. The van der Waals surface area contributed by atoms with Crippen molar-refractivity contribution in [1.82, 2.24) is 10.8 Å². The molecule has 2 atom stereocenters. The van der Waals surface area contributed by atoms with Crippen molar-refractivity contribution in [2.24, 2.45) is 5.92 Å². The summed E-state index contributed by atoms with van der Waals surface area (Å²) in [5.74, 6) is 0.116. The lowest BCUT2D eigenvalue weighted by Crippen LogP contribution is -2.38. The van der Waals surface area contributed by atoms with E-state index in [0.29, 0.717) is 0 Å². The standard InChI is InChI=1S/C11H20N2O2/c1-8-10(6-7-12-8)11(14)13-15-9-4-2-3-5-9/h8-10,12H,2-7H2,1H3,(H,13,14). The van der Waals surface area contributed by atoms with Crippen molar-refractivity contribution >= 4 is 5.91 Å². The molecule has 2 aliphatic rings. The molecule has 4 heteroatoms. The van der Waals surface area contributed by atoms with Gasteiger partial charge in [0.15, 0.2) is 0 Å². The minimum Gasteiger partial charge on any atom is -0.313 e. The van der Waals surface area contributed by atoms with Gasteiger partial charge >= 0.3 is 0 Å². The second-order valence-corrected chi connectivity index (χ2v) is 4.63. The number of carbonyl (C=O) groups is 1. The highest BCUT2D eigenvalue weighted by molar-refractivity contribution is 5.78. The molecular weight excluding hydrogens is 192 g/mol. The van der Waals surface area contributed by atoms with Gasteiger partial charge in [0.25, 0.3) is 0 Å². The molecule has 1 saturated heterocycles. The Labute approximate surface area is 90.7 Å². The van der Waals surface area contributed by atoms with Crippen LogP contribution in [0.25, 0.3) is 0 Å². The van der Waals surface area contributed by atoms with Crippen LogP contribution in [0.1, 0.15) is 39.0 Å². The van der Waals surface area contributed by atoms with Gasteiger partial charge in [0.05, 0.1) is 12.0 Å². The third-order valence-electron chi connectivity index (χ3n) is 3.49. The van der Waals surface area contributed by atoms with E-state index in [4.69, 9.17) is 4.84 Å². The van der Waals surface area contributed by atoms with Crippen molar-refractivity contribution in [2.75, 3.05) is 6.54 Å². The topological polar surface area (TPSA) is 50.4 Å². The summed E-state index contributed by atoms with van der Waals surface area (Å²) in [6.45, 7) is 2.98. The summed E-state index contributed by atoms with van der Waals surface area (Å²) in [6, 6.07) is 0.275.